The minimum atomic E-state index is -0.584. The van der Waals surface area contributed by atoms with E-state index >= 15 is 0 Å². The first-order valence-electron chi connectivity index (χ1n) is 8.61. The third kappa shape index (κ3) is 3.69. The van der Waals surface area contributed by atoms with Crippen LogP contribution in [0.4, 0.5) is 14.5 Å². The molecule has 1 aliphatic heterocycles. The van der Waals surface area contributed by atoms with Gasteiger partial charge in [-0.15, -0.1) is 0 Å². The van der Waals surface area contributed by atoms with E-state index in [1.165, 1.54) is 24.4 Å². The Hall–Kier alpha value is -3.16. The number of carbonyl (C=O) groups is 1. The zero-order valence-corrected chi connectivity index (χ0v) is 14.3. The summed E-state index contributed by atoms with van der Waals surface area (Å²) in [4.78, 5) is 22.3. The molecule has 27 heavy (non-hydrogen) atoms. The molecule has 0 radical (unpaired) electrons. The highest BCUT2D eigenvalue weighted by Crippen LogP contribution is 2.30. The Bertz CT molecular complexity index is 941. The molecule has 3 heterocycles. The van der Waals surface area contributed by atoms with Gasteiger partial charge in [0.15, 0.2) is 5.82 Å². The molecule has 0 spiro atoms. The summed E-state index contributed by atoms with van der Waals surface area (Å²) in [7, 11) is 0. The molecule has 0 saturated carbocycles. The summed E-state index contributed by atoms with van der Waals surface area (Å²) in [5, 5.41) is 4.01. The molecule has 6 nitrogen and oxygen atoms in total. The van der Waals surface area contributed by atoms with Crippen LogP contribution in [-0.2, 0) is 4.79 Å². The summed E-state index contributed by atoms with van der Waals surface area (Å²) in [6.45, 7) is 0.519. The van der Waals surface area contributed by atoms with Gasteiger partial charge in [0.2, 0.25) is 11.9 Å². The highest BCUT2D eigenvalue weighted by atomic mass is 19.1. The molecular formula is C19H16F2N4O2. The van der Waals surface area contributed by atoms with Crippen molar-refractivity contribution in [1.82, 2.24) is 15.1 Å². The lowest BCUT2D eigenvalue weighted by Gasteiger charge is -2.20. The molecule has 1 saturated heterocycles. The van der Waals surface area contributed by atoms with E-state index in [-0.39, 0.29) is 24.1 Å². The Labute approximate surface area is 153 Å². The van der Waals surface area contributed by atoms with E-state index in [0.717, 1.165) is 12.8 Å². The van der Waals surface area contributed by atoms with E-state index in [2.05, 4.69) is 15.1 Å². The first kappa shape index (κ1) is 17.3. The molecule has 1 unspecified atom stereocenters. The lowest BCUT2D eigenvalue weighted by atomic mass is 10.00. The maximum Gasteiger partial charge on any atom is 0.257 e. The van der Waals surface area contributed by atoms with Crippen LogP contribution in [0.5, 0.6) is 0 Å². The van der Waals surface area contributed by atoms with Gasteiger partial charge >= 0.3 is 0 Å². The molecule has 3 aromatic rings. The largest absolute Gasteiger partial charge is 0.334 e. The summed E-state index contributed by atoms with van der Waals surface area (Å²) in [6, 6.07) is 8.55. The zero-order chi connectivity index (χ0) is 18.8. The third-order valence-electron chi connectivity index (χ3n) is 4.58. The number of aromatic nitrogens is 3. The van der Waals surface area contributed by atoms with Gasteiger partial charge in [-0.1, -0.05) is 5.16 Å². The van der Waals surface area contributed by atoms with Crippen molar-refractivity contribution in [2.45, 2.75) is 25.2 Å². The Kier molecular flexibility index (Phi) is 4.62. The molecule has 138 valence electrons. The minimum absolute atomic E-state index is 0.0981. The second-order valence-electron chi connectivity index (χ2n) is 6.39. The van der Waals surface area contributed by atoms with Gasteiger partial charge in [0.05, 0.1) is 11.9 Å². The van der Waals surface area contributed by atoms with Crippen molar-refractivity contribution in [3.63, 3.8) is 0 Å². The first-order chi connectivity index (χ1) is 13.1. The number of rotatable bonds is 3. The van der Waals surface area contributed by atoms with Gasteiger partial charge in [-0.2, -0.15) is 9.37 Å². The molecule has 2 aromatic heterocycles. The van der Waals surface area contributed by atoms with Crippen molar-refractivity contribution >= 4 is 11.6 Å². The number of benzene rings is 1. The monoisotopic (exact) mass is 370 g/mol. The number of nitrogens with zero attached hydrogens (tertiary/aromatic N) is 4. The van der Waals surface area contributed by atoms with E-state index in [0.29, 0.717) is 29.5 Å². The van der Waals surface area contributed by atoms with Crippen LogP contribution in [-0.4, -0.2) is 27.6 Å². The van der Waals surface area contributed by atoms with Gasteiger partial charge in [-0.05, 0) is 49.2 Å². The summed E-state index contributed by atoms with van der Waals surface area (Å²) in [5.74, 6) is -0.446. The molecule has 4 rings (SSSR count). The van der Waals surface area contributed by atoms with Gasteiger partial charge in [0.1, 0.15) is 5.82 Å². The van der Waals surface area contributed by atoms with Crippen LogP contribution in [0.25, 0.3) is 11.5 Å². The fraction of sp³-hybridized carbons (Fsp3) is 0.263. The van der Waals surface area contributed by atoms with Gasteiger partial charge in [0, 0.05) is 24.4 Å². The van der Waals surface area contributed by atoms with Crippen LogP contribution < -0.4 is 4.90 Å². The van der Waals surface area contributed by atoms with Crippen molar-refractivity contribution in [2.24, 2.45) is 0 Å². The molecule has 1 fully saturated rings. The number of carbonyl (C=O) groups excluding carboxylic acids is 1. The van der Waals surface area contributed by atoms with Crippen molar-refractivity contribution in [1.29, 1.82) is 0 Å². The Morgan fingerprint density at radius 2 is 1.93 bits per heavy atom. The zero-order valence-electron chi connectivity index (χ0n) is 14.3. The number of amides is 1. The summed E-state index contributed by atoms with van der Waals surface area (Å²) >= 11 is 0. The SMILES string of the molecule is O=C1CC(c2noc(-c3ccc(F)cc3)n2)CCCN1c1ccc(F)nc1. The van der Waals surface area contributed by atoms with Crippen LogP contribution in [0, 0.1) is 11.8 Å². The fourth-order valence-corrected chi connectivity index (χ4v) is 3.18. The Morgan fingerprint density at radius 1 is 1.11 bits per heavy atom. The highest BCUT2D eigenvalue weighted by molar-refractivity contribution is 5.93. The molecular weight excluding hydrogens is 354 g/mol. The van der Waals surface area contributed by atoms with Crippen LogP contribution in [0.1, 0.15) is 31.0 Å². The summed E-state index contributed by atoms with van der Waals surface area (Å²) in [6.07, 6.45) is 3.04. The quantitative estimate of drug-likeness (QED) is 0.657. The smallest absolute Gasteiger partial charge is 0.257 e. The number of hydrogen-bond acceptors (Lipinski definition) is 5. The molecule has 0 aliphatic carbocycles. The minimum Gasteiger partial charge on any atom is -0.334 e. The molecule has 0 N–H and O–H groups in total. The number of anilines is 1. The number of halogens is 2. The maximum absolute atomic E-state index is 13.1. The number of pyridine rings is 1. The van der Waals surface area contributed by atoms with Gasteiger partial charge in [-0.3, -0.25) is 4.79 Å². The fourth-order valence-electron chi connectivity index (χ4n) is 3.18. The Morgan fingerprint density at radius 3 is 2.67 bits per heavy atom. The van der Waals surface area contributed by atoms with Crippen molar-refractivity contribution in [3.05, 3.63) is 60.2 Å². The third-order valence-corrected chi connectivity index (χ3v) is 4.58. The van der Waals surface area contributed by atoms with Crippen LogP contribution in [0.2, 0.25) is 0 Å². The van der Waals surface area contributed by atoms with Gasteiger partial charge in [-0.25, -0.2) is 9.37 Å². The van der Waals surface area contributed by atoms with E-state index < -0.39 is 5.95 Å². The van der Waals surface area contributed by atoms with Crippen LogP contribution in [0.3, 0.4) is 0 Å². The van der Waals surface area contributed by atoms with Gasteiger partial charge < -0.3 is 9.42 Å². The predicted molar refractivity (Wildman–Crippen MR) is 92.8 cm³/mol. The second-order valence-corrected chi connectivity index (χ2v) is 6.39. The molecule has 1 atom stereocenters. The van der Waals surface area contributed by atoms with Crippen molar-refractivity contribution in [3.8, 4) is 11.5 Å². The van der Waals surface area contributed by atoms with E-state index in [1.807, 2.05) is 0 Å². The molecule has 1 amide bonds. The van der Waals surface area contributed by atoms with Gasteiger partial charge in [0.25, 0.3) is 5.89 Å². The van der Waals surface area contributed by atoms with E-state index in [9.17, 15) is 13.6 Å². The lowest BCUT2D eigenvalue weighted by Crippen LogP contribution is -2.30. The van der Waals surface area contributed by atoms with Crippen molar-refractivity contribution in [2.75, 3.05) is 11.4 Å². The Balaban J connectivity index is 1.51. The van der Waals surface area contributed by atoms with Crippen LogP contribution in [0.15, 0.2) is 47.1 Å². The summed E-state index contributed by atoms with van der Waals surface area (Å²) < 4.78 is 31.4. The first-order valence-corrected chi connectivity index (χ1v) is 8.61. The molecule has 0 bridgehead atoms. The topological polar surface area (TPSA) is 72.1 Å². The second kappa shape index (κ2) is 7.22. The van der Waals surface area contributed by atoms with E-state index in [1.54, 1.807) is 23.1 Å². The van der Waals surface area contributed by atoms with E-state index in [4.69, 9.17) is 4.52 Å². The maximum atomic E-state index is 13.1. The molecule has 1 aromatic carbocycles. The average molecular weight is 370 g/mol. The normalized spacial score (nSPS) is 17.8. The average Bonchev–Trinajstić information content (AvgIpc) is 3.08. The predicted octanol–water partition coefficient (Wildman–Crippen LogP) is 3.71. The molecule has 1 aliphatic rings. The summed E-state index contributed by atoms with van der Waals surface area (Å²) in [5.41, 5.74) is 1.19. The standard InChI is InChI=1S/C19H16F2N4O2/c20-14-5-3-12(4-6-14)19-23-18(24-27-19)13-2-1-9-25(17(26)10-13)15-7-8-16(21)22-11-15/h3-8,11,13H,1-2,9-10H2. The number of hydrogen-bond donors (Lipinski definition) is 0. The lowest BCUT2D eigenvalue weighted by molar-refractivity contribution is -0.118. The highest BCUT2D eigenvalue weighted by Gasteiger charge is 2.29. The van der Waals surface area contributed by atoms with Crippen molar-refractivity contribution < 1.29 is 18.1 Å². The van der Waals surface area contributed by atoms with Crippen LogP contribution >= 0.6 is 0 Å². The molecule has 8 heteroatoms.